The Labute approximate surface area is 148 Å². The molecule has 132 valence electrons. The van der Waals surface area contributed by atoms with Crippen LogP contribution in [0.25, 0.3) is 0 Å². The van der Waals surface area contributed by atoms with Gasteiger partial charge in [0.05, 0.1) is 23.1 Å². The Hall–Kier alpha value is -2.40. The normalized spacial score (nSPS) is 11.3. The quantitative estimate of drug-likeness (QED) is 0.676. The molecule has 0 saturated carbocycles. The zero-order chi connectivity index (χ0) is 18.3. The predicted molar refractivity (Wildman–Crippen MR) is 93.6 cm³/mol. The van der Waals surface area contributed by atoms with Gasteiger partial charge in [0.25, 0.3) is 0 Å². The van der Waals surface area contributed by atoms with Crippen LogP contribution in [0.3, 0.4) is 0 Å². The van der Waals surface area contributed by atoms with Gasteiger partial charge in [-0.3, -0.25) is 0 Å². The number of sulfonamides is 1. The highest BCUT2D eigenvalue weighted by atomic mass is 32.2. The third kappa shape index (κ3) is 5.03. The van der Waals surface area contributed by atoms with Crippen molar-refractivity contribution in [3.8, 4) is 11.8 Å². The van der Waals surface area contributed by atoms with Gasteiger partial charge < -0.3 is 9.47 Å². The third-order valence-corrected chi connectivity index (χ3v) is 5.37. The number of methoxy groups -OCH3 is 1. The van der Waals surface area contributed by atoms with Gasteiger partial charge in [0.2, 0.25) is 10.0 Å². The highest BCUT2D eigenvalue weighted by Crippen LogP contribution is 2.20. The minimum Gasteiger partial charge on any atom is -0.491 e. The molecule has 2 aromatic carbocycles. The first-order valence-corrected chi connectivity index (χ1v) is 9.08. The molecule has 0 spiro atoms. The smallest absolute Gasteiger partial charge is 0.243 e. The van der Waals surface area contributed by atoms with Crippen molar-refractivity contribution in [2.45, 2.75) is 11.4 Å². The zero-order valence-electron chi connectivity index (χ0n) is 14.2. The van der Waals surface area contributed by atoms with Crippen LogP contribution >= 0.6 is 0 Å². The standard InChI is InChI=1S/C18H20N2O4S/c1-20(14-16-5-3-4-15(12-16)13-19)25(21,22)18-8-6-17(7-9-18)24-11-10-23-2/h3-9,12H,10-11,14H2,1-2H3. The molecule has 0 aliphatic carbocycles. The lowest BCUT2D eigenvalue weighted by atomic mass is 10.1. The fourth-order valence-corrected chi connectivity index (χ4v) is 3.37. The summed E-state index contributed by atoms with van der Waals surface area (Å²) in [6.45, 7) is 1.05. The maximum absolute atomic E-state index is 12.7. The molecule has 0 heterocycles. The highest BCUT2D eigenvalue weighted by molar-refractivity contribution is 7.89. The largest absolute Gasteiger partial charge is 0.491 e. The number of hydrogen-bond acceptors (Lipinski definition) is 5. The van der Waals surface area contributed by atoms with E-state index in [1.54, 1.807) is 43.5 Å². The molecule has 0 unspecified atom stereocenters. The summed E-state index contributed by atoms with van der Waals surface area (Å²) in [5.74, 6) is 0.584. The van der Waals surface area contributed by atoms with E-state index in [0.29, 0.717) is 24.5 Å². The Kier molecular flexibility index (Phi) is 6.53. The molecule has 0 atom stereocenters. The third-order valence-electron chi connectivity index (χ3n) is 3.55. The van der Waals surface area contributed by atoms with Crippen molar-refractivity contribution < 1.29 is 17.9 Å². The second-order valence-electron chi connectivity index (χ2n) is 5.39. The molecule has 0 aliphatic rings. The van der Waals surface area contributed by atoms with Gasteiger partial charge in [0, 0.05) is 20.7 Å². The van der Waals surface area contributed by atoms with Crippen LogP contribution in [0, 0.1) is 11.3 Å². The Morgan fingerprint density at radius 3 is 2.48 bits per heavy atom. The van der Waals surface area contributed by atoms with Crippen LogP contribution in [0.15, 0.2) is 53.4 Å². The van der Waals surface area contributed by atoms with Crippen LogP contribution in [0.4, 0.5) is 0 Å². The van der Waals surface area contributed by atoms with Crippen molar-refractivity contribution >= 4 is 10.0 Å². The molecule has 6 nitrogen and oxygen atoms in total. The number of nitriles is 1. The molecular weight excluding hydrogens is 340 g/mol. The summed E-state index contributed by atoms with van der Waals surface area (Å²) in [4.78, 5) is 0.186. The van der Waals surface area contributed by atoms with Crippen molar-refractivity contribution in [3.63, 3.8) is 0 Å². The molecule has 2 rings (SSSR count). The topological polar surface area (TPSA) is 79.6 Å². The molecule has 0 aromatic heterocycles. The van der Waals surface area contributed by atoms with Crippen molar-refractivity contribution in [1.82, 2.24) is 4.31 Å². The molecule has 0 N–H and O–H groups in total. The van der Waals surface area contributed by atoms with Crippen LogP contribution < -0.4 is 4.74 Å². The maximum Gasteiger partial charge on any atom is 0.243 e. The predicted octanol–water partition coefficient (Wildman–Crippen LogP) is 2.40. The average molecular weight is 360 g/mol. The van der Waals surface area contributed by atoms with Crippen LogP contribution in [0.1, 0.15) is 11.1 Å². The van der Waals surface area contributed by atoms with E-state index in [4.69, 9.17) is 14.7 Å². The minimum atomic E-state index is -3.63. The molecule has 0 saturated heterocycles. The number of rotatable bonds is 8. The first kappa shape index (κ1) is 18.9. The van der Waals surface area contributed by atoms with E-state index >= 15 is 0 Å². The number of hydrogen-bond donors (Lipinski definition) is 0. The Balaban J connectivity index is 2.10. The van der Waals surface area contributed by atoms with E-state index in [9.17, 15) is 8.42 Å². The first-order valence-electron chi connectivity index (χ1n) is 7.64. The van der Waals surface area contributed by atoms with Gasteiger partial charge in [0.1, 0.15) is 12.4 Å². The molecule has 0 bridgehead atoms. The molecule has 0 aliphatic heterocycles. The van der Waals surface area contributed by atoms with Crippen molar-refractivity contribution in [2.75, 3.05) is 27.4 Å². The van der Waals surface area contributed by atoms with Crippen molar-refractivity contribution in [1.29, 1.82) is 5.26 Å². The molecule has 7 heteroatoms. The SMILES string of the molecule is COCCOc1ccc(S(=O)(=O)N(C)Cc2cccc(C#N)c2)cc1. The van der Waals surface area contributed by atoms with E-state index in [2.05, 4.69) is 0 Å². The molecule has 25 heavy (non-hydrogen) atoms. The Morgan fingerprint density at radius 2 is 1.84 bits per heavy atom. The summed E-state index contributed by atoms with van der Waals surface area (Å²) >= 11 is 0. The Bertz CT molecular complexity index is 842. The number of nitrogens with zero attached hydrogens (tertiary/aromatic N) is 2. The average Bonchev–Trinajstić information content (AvgIpc) is 2.62. The summed E-state index contributed by atoms with van der Waals surface area (Å²) < 4.78 is 36.9. The lowest BCUT2D eigenvalue weighted by Gasteiger charge is -2.17. The second-order valence-corrected chi connectivity index (χ2v) is 7.43. The van der Waals surface area contributed by atoms with E-state index in [0.717, 1.165) is 5.56 Å². The van der Waals surface area contributed by atoms with Crippen LogP contribution in [0.5, 0.6) is 5.75 Å². The van der Waals surface area contributed by atoms with Gasteiger partial charge >= 0.3 is 0 Å². The van der Waals surface area contributed by atoms with Gasteiger partial charge in [-0.1, -0.05) is 12.1 Å². The zero-order valence-corrected chi connectivity index (χ0v) is 15.0. The lowest BCUT2D eigenvalue weighted by Crippen LogP contribution is -2.26. The van der Waals surface area contributed by atoms with E-state index in [1.165, 1.54) is 23.5 Å². The highest BCUT2D eigenvalue weighted by Gasteiger charge is 2.21. The molecular formula is C18H20N2O4S. The van der Waals surface area contributed by atoms with Crippen molar-refractivity contribution in [2.24, 2.45) is 0 Å². The fourth-order valence-electron chi connectivity index (χ4n) is 2.21. The van der Waals surface area contributed by atoms with Gasteiger partial charge in [0.15, 0.2) is 0 Å². The molecule has 2 aromatic rings. The monoisotopic (exact) mass is 360 g/mol. The lowest BCUT2D eigenvalue weighted by molar-refractivity contribution is 0.146. The van der Waals surface area contributed by atoms with E-state index in [-0.39, 0.29) is 11.4 Å². The molecule has 0 radical (unpaired) electrons. The van der Waals surface area contributed by atoms with Crippen LogP contribution in [-0.4, -0.2) is 40.1 Å². The van der Waals surface area contributed by atoms with Crippen LogP contribution in [0.2, 0.25) is 0 Å². The number of ether oxygens (including phenoxy) is 2. The number of benzene rings is 2. The Morgan fingerprint density at radius 1 is 1.12 bits per heavy atom. The van der Waals surface area contributed by atoms with E-state index in [1.807, 2.05) is 6.07 Å². The molecule has 0 amide bonds. The first-order chi connectivity index (χ1) is 12.0. The van der Waals surface area contributed by atoms with Gasteiger partial charge in [-0.2, -0.15) is 9.57 Å². The minimum absolute atomic E-state index is 0.184. The summed E-state index contributed by atoms with van der Waals surface area (Å²) in [5, 5.41) is 8.94. The van der Waals surface area contributed by atoms with Gasteiger partial charge in [-0.15, -0.1) is 0 Å². The maximum atomic E-state index is 12.7. The fraction of sp³-hybridized carbons (Fsp3) is 0.278. The summed E-state index contributed by atoms with van der Waals surface area (Å²) in [7, 11) is -0.533. The van der Waals surface area contributed by atoms with E-state index < -0.39 is 10.0 Å². The van der Waals surface area contributed by atoms with Gasteiger partial charge in [-0.25, -0.2) is 8.42 Å². The summed E-state index contributed by atoms with van der Waals surface area (Å²) in [6, 6.07) is 15.2. The van der Waals surface area contributed by atoms with Gasteiger partial charge in [-0.05, 0) is 42.0 Å². The van der Waals surface area contributed by atoms with Crippen molar-refractivity contribution in [3.05, 3.63) is 59.7 Å². The second kappa shape index (κ2) is 8.62. The summed E-state index contributed by atoms with van der Waals surface area (Å²) in [5.41, 5.74) is 1.26. The van der Waals surface area contributed by atoms with Crippen LogP contribution in [-0.2, 0) is 21.3 Å². The summed E-state index contributed by atoms with van der Waals surface area (Å²) in [6.07, 6.45) is 0. The molecule has 0 fully saturated rings.